The largest absolute Gasteiger partial charge is 0.312 e. The minimum Gasteiger partial charge on any atom is -0.312 e. The minimum atomic E-state index is 0.637. The highest BCUT2D eigenvalue weighted by molar-refractivity contribution is 7.09. The van der Waals surface area contributed by atoms with E-state index in [0.29, 0.717) is 12.0 Å². The molecular formula is C14H24N2S. The van der Waals surface area contributed by atoms with Crippen LogP contribution in [0.15, 0.2) is 17.5 Å². The standard InChI is InChI=1S/C14H24N2S/c1-11(2)14(9-15-12-6-7-12)16(3)10-13-5-4-8-17-13/h4-5,8,11-12,14-15H,6-7,9-10H2,1-3H3. The van der Waals surface area contributed by atoms with Crippen LogP contribution in [-0.2, 0) is 6.54 Å². The van der Waals surface area contributed by atoms with E-state index in [0.717, 1.165) is 19.1 Å². The molecule has 0 radical (unpaired) electrons. The zero-order chi connectivity index (χ0) is 12.3. The predicted octanol–water partition coefficient (Wildman–Crippen LogP) is 2.96. The van der Waals surface area contributed by atoms with Crippen molar-refractivity contribution in [1.29, 1.82) is 0 Å². The second kappa shape index (κ2) is 5.98. The van der Waals surface area contributed by atoms with Gasteiger partial charge in [-0.25, -0.2) is 0 Å². The molecule has 96 valence electrons. The third-order valence-corrected chi connectivity index (χ3v) is 4.38. The second-order valence-corrected chi connectivity index (χ2v) is 6.52. The predicted molar refractivity (Wildman–Crippen MR) is 75.4 cm³/mol. The van der Waals surface area contributed by atoms with Gasteiger partial charge in [-0.15, -0.1) is 11.3 Å². The molecule has 17 heavy (non-hydrogen) atoms. The highest BCUT2D eigenvalue weighted by Gasteiger charge is 2.24. The Labute approximate surface area is 109 Å². The molecule has 1 aromatic heterocycles. The van der Waals surface area contributed by atoms with Gasteiger partial charge in [0.2, 0.25) is 0 Å². The summed E-state index contributed by atoms with van der Waals surface area (Å²) < 4.78 is 0. The number of rotatable bonds is 7. The first kappa shape index (κ1) is 13.1. The zero-order valence-corrected chi connectivity index (χ0v) is 12.0. The van der Waals surface area contributed by atoms with Gasteiger partial charge in [0, 0.05) is 30.1 Å². The van der Waals surface area contributed by atoms with Crippen molar-refractivity contribution in [2.45, 2.75) is 45.3 Å². The van der Waals surface area contributed by atoms with E-state index in [-0.39, 0.29) is 0 Å². The lowest BCUT2D eigenvalue weighted by molar-refractivity contribution is 0.180. The Morgan fingerprint density at radius 3 is 2.76 bits per heavy atom. The van der Waals surface area contributed by atoms with Crippen molar-refractivity contribution in [2.75, 3.05) is 13.6 Å². The Morgan fingerprint density at radius 2 is 2.24 bits per heavy atom. The van der Waals surface area contributed by atoms with Crippen LogP contribution >= 0.6 is 11.3 Å². The molecule has 1 fully saturated rings. The number of likely N-dealkylation sites (N-methyl/N-ethyl adjacent to an activating group) is 1. The summed E-state index contributed by atoms with van der Waals surface area (Å²) in [7, 11) is 2.25. The SMILES string of the molecule is CC(C)C(CNC1CC1)N(C)Cc1cccs1. The first-order valence-corrected chi connectivity index (χ1v) is 7.51. The van der Waals surface area contributed by atoms with Crippen molar-refractivity contribution in [3.05, 3.63) is 22.4 Å². The van der Waals surface area contributed by atoms with Gasteiger partial charge in [0.15, 0.2) is 0 Å². The van der Waals surface area contributed by atoms with Crippen LogP contribution in [0.4, 0.5) is 0 Å². The van der Waals surface area contributed by atoms with Gasteiger partial charge in [-0.2, -0.15) is 0 Å². The Hall–Kier alpha value is -0.380. The quantitative estimate of drug-likeness (QED) is 0.802. The summed E-state index contributed by atoms with van der Waals surface area (Å²) in [6, 6.07) is 5.82. The molecule has 1 saturated carbocycles. The van der Waals surface area contributed by atoms with Gasteiger partial charge in [0.05, 0.1) is 0 Å². The molecule has 0 amide bonds. The van der Waals surface area contributed by atoms with Gasteiger partial charge in [0.1, 0.15) is 0 Å². The Kier molecular flexibility index (Phi) is 4.60. The highest BCUT2D eigenvalue weighted by atomic mass is 32.1. The molecule has 1 aliphatic rings. The van der Waals surface area contributed by atoms with Crippen LogP contribution in [0, 0.1) is 5.92 Å². The van der Waals surface area contributed by atoms with E-state index in [2.05, 4.69) is 48.6 Å². The molecule has 0 aromatic carbocycles. The summed E-state index contributed by atoms with van der Waals surface area (Å²) in [6.45, 7) is 6.85. The topological polar surface area (TPSA) is 15.3 Å². The van der Waals surface area contributed by atoms with Crippen LogP contribution in [0.1, 0.15) is 31.6 Å². The Bertz CT molecular complexity index is 317. The van der Waals surface area contributed by atoms with Crippen LogP contribution in [0.5, 0.6) is 0 Å². The lowest BCUT2D eigenvalue weighted by Gasteiger charge is -2.31. The maximum absolute atomic E-state index is 3.66. The fourth-order valence-electron chi connectivity index (χ4n) is 2.24. The summed E-state index contributed by atoms with van der Waals surface area (Å²) in [5, 5.41) is 5.82. The molecule has 0 spiro atoms. The van der Waals surface area contributed by atoms with Crippen molar-refractivity contribution in [3.63, 3.8) is 0 Å². The normalized spacial score (nSPS) is 17.9. The third kappa shape index (κ3) is 4.09. The molecule has 0 bridgehead atoms. The lowest BCUT2D eigenvalue weighted by Crippen LogP contribution is -2.43. The van der Waals surface area contributed by atoms with Gasteiger partial charge in [-0.1, -0.05) is 19.9 Å². The summed E-state index contributed by atoms with van der Waals surface area (Å²) in [5.41, 5.74) is 0. The van der Waals surface area contributed by atoms with Gasteiger partial charge in [0.25, 0.3) is 0 Å². The molecule has 2 rings (SSSR count). The van der Waals surface area contributed by atoms with E-state index in [1.54, 1.807) is 0 Å². The maximum atomic E-state index is 3.66. The monoisotopic (exact) mass is 252 g/mol. The van der Waals surface area contributed by atoms with Crippen molar-refractivity contribution in [3.8, 4) is 0 Å². The molecule has 1 aliphatic carbocycles. The second-order valence-electron chi connectivity index (χ2n) is 5.49. The summed E-state index contributed by atoms with van der Waals surface area (Å²) >= 11 is 1.86. The zero-order valence-electron chi connectivity index (χ0n) is 11.1. The smallest absolute Gasteiger partial charge is 0.0328 e. The first-order valence-electron chi connectivity index (χ1n) is 6.63. The van der Waals surface area contributed by atoms with Gasteiger partial charge < -0.3 is 5.32 Å². The number of hydrogen-bond acceptors (Lipinski definition) is 3. The highest BCUT2D eigenvalue weighted by Crippen LogP contribution is 2.20. The molecule has 1 N–H and O–H groups in total. The molecule has 1 atom stereocenters. The number of nitrogens with one attached hydrogen (secondary N) is 1. The van der Waals surface area contributed by atoms with E-state index >= 15 is 0 Å². The van der Waals surface area contributed by atoms with Gasteiger partial charge in [-0.05, 0) is 37.3 Å². The number of nitrogens with zero attached hydrogens (tertiary/aromatic N) is 1. The Balaban J connectivity index is 1.84. The molecular weight excluding hydrogens is 228 g/mol. The van der Waals surface area contributed by atoms with Crippen molar-refractivity contribution in [1.82, 2.24) is 10.2 Å². The summed E-state index contributed by atoms with van der Waals surface area (Å²) in [6.07, 6.45) is 2.75. The van der Waals surface area contributed by atoms with E-state index < -0.39 is 0 Å². The molecule has 2 nitrogen and oxygen atoms in total. The van der Waals surface area contributed by atoms with Crippen LogP contribution in [-0.4, -0.2) is 30.6 Å². The van der Waals surface area contributed by atoms with E-state index in [9.17, 15) is 0 Å². The lowest BCUT2D eigenvalue weighted by atomic mass is 10.0. The van der Waals surface area contributed by atoms with Crippen molar-refractivity contribution < 1.29 is 0 Å². The van der Waals surface area contributed by atoms with Crippen molar-refractivity contribution >= 4 is 11.3 Å². The van der Waals surface area contributed by atoms with E-state index in [1.165, 1.54) is 17.7 Å². The molecule has 1 aromatic rings. The maximum Gasteiger partial charge on any atom is 0.0328 e. The third-order valence-electron chi connectivity index (χ3n) is 3.51. The van der Waals surface area contributed by atoms with Crippen LogP contribution in [0.2, 0.25) is 0 Å². The molecule has 3 heteroatoms. The summed E-state index contributed by atoms with van der Waals surface area (Å²) in [5.74, 6) is 0.700. The minimum absolute atomic E-state index is 0.637. The van der Waals surface area contributed by atoms with Gasteiger partial charge >= 0.3 is 0 Å². The first-order chi connectivity index (χ1) is 8.16. The fraction of sp³-hybridized carbons (Fsp3) is 0.714. The molecule has 1 heterocycles. The van der Waals surface area contributed by atoms with E-state index in [1.807, 2.05) is 11.3 Å². The van der Waals surface area contributed by atoms with Crippen molar-refractivity contribution in [2.24, 2.45) is 5.92 Å². The average Bonchev–Trinajstić information content (AvgIpc) is 2.95. The van der Waals surface area contributed by atoms with Crippen LogP contribution in [0.25, 0.3) is 0 Å². The van der Waals surface area contributed by atoms with Crippen LogP contribution < -0.4 is 5.32 Å². The summed E-state index contributed by atoms with van der Waals surface area (Å²) in [4.78, 5) is 3.95. The average molecular weight is 252 g/mol. The Morgan fingerprint density at radius 1 is 1.47 bits per heavy atom. The van der Waals surface area contributed by atoms with E-state index in [4.69, 9.17) is 0 Å². The van der Waals surface area contributed by atoms with Gasteiger partial charge in [-0.3, -0.25) is 4.90 Å². The molecule has 0 aliphatic heterocycles. The number of thiophene rings is 1. The number of hydrogen-bond donors (Lipinski definition) is 1. The fourth-order valence-corrected chi connectivity index (χ4v) is 3.01. The molecule has 0 saturated heterocycles. The van der Waals surface area contributed by atoms with Crippen LogP contribution in [0.3, 0.4) is 0 Å². The molecule has 1 unspecified atom stereocenters.